The number of rotatable bonds is 4. The number of piperidine rings is 1. The third-order valence-corrected chi connectivity index (χ3v) is 4.41. The molecule has 1 aliphatic rings. The lowest BCUT2D eigenvalue weighted by molar-refractivity contribution is 0.00917. The number of nitrogens with zero attached hydrogens (tertiary/aromatic N) is 1. The average molecular weight is 334 g/mol. The van der Waals surface area contributed by atoms with Crippen LogP contribution in [0.5, 0.6) is 0 Å². The molecule has 24 heavy (non-hydrogen) atoms. The molecule has 2 N–H and O–H groups in total. The molecule has 0 aliphatic carbocycles. The zero-order chi connectivity index (χ0) is 17.7. The first-order valence-electron chi connectivity index (χ1n) is 8.70. The Balaban J connectivity index is 2.01. The number of carbonyl (C=O) groups is 1. The van der Waals surface area contributed by atoms with Gasteiger partial charge < -0.3 is 20.1 Å². The third-order valence-electron chi connectivity index (χ3n) is 4.41. The van der Waals surface area contributed by atoms with Crippen molar-refractivity contribution in [2.45, 2.75) is 51.8 Å². The lowest BCUT2D eigenvalue weighted by Crippen LogP contribution is -2.54. The summed E-state index contributed by atoms with van der Waals surface area (Å²) in [5.74, 6) is 0.148. The zero-order valence-corrected chi connectivity index (χ0v) is 15.2. The van der Waals surface area contributed by atoms with E-state index in [1.807, 2.05) is 39.0 Å². The summed E-state index contributed by atoms with van der Waals surface area (Å²) in [5.41, 5.74) is 0.703. The standard InChI is InChI=1S/C19H30N2O3/c1-14(15-8-6-5-7-9-15)20-17-12-21(11-10-16(17)13-22)18(23)24-19(2,3)4/h5-9,14,16-17,20,22H,10-13H2,1-4H3/t14-,16-,17+/m1/s1. The molecule has 0 saturated carbocycles. The van der Waals surface area contributed by atoms with Crippen LogP contribution in [0.1, 0.15) is 45.7 Å². The van der Waals surface area contributed by atoms with Gasteiger partial charge in [0.05, 0.1) is 0 Å². The predicted molar refractivity (Wildman–Crippen MR) is 94.8 cm³/mol. The molecule has 1 saturated heterocycles. The van der Waals surface area contributed by atoms with E-state index in [2.05, 4.69) is 24.4 Å². The molecule has 1 amide bonds. The number of ether oxygens (including phenoxy) is 1. The summed E-state index contributed by atoms with van der Waals surface area (Å²) >= 11 is 0. The molecule has 0 aromatic heterocycles. The average Bonchev–Trinajstić information content (AvgIpc) is 2.54. The van der Waals surface area contributed by atoms with E-state index < -0.39 is 5.60 Å². The Labute approximate surface area is 145 Å². The topological polar surface area (TPSA) is 61.8 Å². The number of hydrogen-bond donors (Lipinski definition) is 2. The first-order chi connectivity index (χ1) is 11.3. The number of hydrogen-bond acceptors (Lipinski definition) is 4. The van der Waals surface area contributed by atoms with E-state index in [0.29, 0.717) is 13.1 Å². The molecule has 3 atom stereocenters. The van der Waals surface area contributed by atoms with E-state index in [1.165, 1.54) is 5.56 Å². The van der Waals surface area contributed by atoms with Gasteiger partial charge in [-0.3, -0.25) is 0 Å². The maximum absolute atomic E-state index is 12.3. The van der Waals surface area contributed by atoms with E-state index in [0.717, 1.165) is 6.42 Å². The minimum absolute atomic E-state index is 0.0477. The minimum atomic E-state index is -0.495. The Hall–Kier alpha value is -1.59. The molecule has 5 nitrogen and oxygen atoms in total. The van der Waals surface area contributed by atoms with Crippen molar-refractivity contribution in [3.63, 3.8) is 0 Å². The summed E-state index contributed by atoms with van der Waals surface area (Å²) in [7, 11) is 0. The first kappa shape index (κ1) is 18.7. The van der Waals surface area contributed by atoms with Crippen LogP contribution in [-0.2, 0) is 4.74 Å². The molecule has 2 rings (SSSR count). The van der Waals surface area contributed by atoms with Crippen LogP contribution in [0, 0.1) is 5.92 Å². The Kier molecular flexibility index (Phi) is 6.24. The van der Waals surface area contributed by atoms with Crippen LogP contribution in [0.4, 0.5) is 4.79 Å². The zero-order valence-electron chi connectivity index (χ0n) is 15.2. The van der Waals surface area contributed by atoms with Gasteiger partial charge >= 0.3 is 6.09 Å². The van der Waals surface area contributed by atoms with Gasteiger partial charge in [-0.05, 0) is 39.7 Å². The molecule has 134 valence electrons. The number of nitrogens with one attached hydrogen (secondary N) is 1. The van der Waals surface area contributed by atoms with Crippen LogP contribution in [0.3, 0.4) is 0 Å². The Morgan fingerprint density at radius 3 is 2.62 bits per heavy atom. The molecule has 1 heterocycles. The largest absolute Gasteiger partial charge is 0.444 e. The van der Waals surface area contributed by atoms with Gasteiger partial charge in [0, 0.05) is 37.7 Å². The molecule has 0 bridgehead atoms. The van der Waals surface area contributed by atoms with E-state index in [1.54, 1.807) is 4.90 Å². The van der Waals surface area contributed by atoms with E-state index in [-0.39, 0.29) is 30.7 Å². The number of aliphatic hydroxyl groups is 1. The fraction of sp³-hybridized carbons (Fsp3) is 0.632. The van der Waals surface area contributed by atoms with Crippen LogP contribution in [0.25, 0.3) is 0 Å². The van der Waals surface area contributed by atoms with Gasteiger partial charge in [-0.15, -0.1) is 0 Å². The van der Waals surface area contributed by atoms with Crippen LogP contribution < -0.4 is 5.32 Å². The Morgan fingerprint density at radius 1 is 1.38 bits per heavy atom. The highest BCUT2D eigenvalue weighted by molar-refractivity contribution is 5.68. The van der Waals surface area contributed by atoms with Gasteiger partial charge in [0.1, 0.15) is 5.60 Å². The molecule has 1 aromatic carbocycles. The Bertz CT molecular complexity index is 527. The number of carbonyl (C=O) groups excluding carboxylic acids is 1. The van der Waals surface area contributed by atoms with Crippen molar-refractivity contribution in [2.24, 2.45) is 5.92 Å². The lowest BCUT2D eigenvalue weighted by Gasteiger charge is -2.40. The highest BCUT2D eigenvalue weighted by Crippen LogP contribution is 2.23. The Morgan fingerprint density at radius 2 is 2.04 bits per heavy atom. The summed E-state index contributed by atoms with van der Waals surface area (Å²) in [6.45, 7) is 9.03. The van der Waals surface area contributed by atoms with Crippen LogP contribution in [0.2, 0.25) is 0 Å². The number of amides is 1. The van der Waals surface area contributed by atoms with Crippen LogP contribution in [-0.4, -0.2) is 47.4 Å². The molecular weight excluding hydrogens is 304 g/mol. The molecule has 1 aliphatic heterocycles. The molecule has 1 fully saturated rings. The van der Waals surface area contributed by atoms with Crippen molar-refractivity contribution in [3.05, 3.63) is 35.9 Å². The van der Waals surface area contributed by atoms with Crippen molar-refractivity contribution >= 4 is 6.09 Å². The van der Waals surface area contributed by atoms with Gasteiger partial charge in [-0.1, -0.05) is 30.3 Å². The molecule has 5 heteroatoms. The summed E-state index contributed by atoms with van der Waals surface area (Å²) in [5, 5.41) is 13.3. The summed E-state index contributed by atoms with van der Waals surface area (Å²) in [6, 6.07) is 10.4. The second-order valence-corrected chi connectivity index (χ2v) is 7.56. The van der Waals surface area contributed by atoms with Crippen molar-refractivity contribution < 1.29 is 14.6 Å². The van der Waals surface area contributed by atoms with Crippen LogP contribution in [0.15, 0.2) is 30.3 Å². The SMILES string of the molecule is C[C@@H](N[C@H]1CN(C(=O)OC(C)(C)C)CC[C@@H]1CO)c1ccccc1. The van der Waals surface area contributed by atoms with Gasteiger partial charge in [0.25, 0.3) is 0 Å². The van der Waals surface area contributed by atoms with E-state index >= 15 is 0 Å². The second kappa shape index (κ2) is 7.99. The smallest absolute Gasteiger partial charge is 0.410 e. The molecule has 0 radical (unpaired) electrons. The van der Waals surface area contributed by atoms with Crippen LogP contribution >= 0.6 is 0 Å². The molecule has 1 aromatic rings. The second-order valence-electron chi connectivity index (χ2n) is 7.56. The monoisotopic (exact) mass is 334 g/mol. The molecule has 0 spiro atoms. The van der Waals surface area contributed by atoms with Crippen molar-refractivity contribution in [3.8, 4) is 0 Å². The van der Waals surface area contributed by atoms with Crippen molar-refractivity contribution in [1.29, 1.82) is 0 Å². The number of benzene rings is 1. The third kappa shape index (κ3) is 5.21. The fourth-order valence-electron chi connectivity index (χ4n) is 3.06. The van der Waals surface area contributed by atoms with Gasteiger partial charge in [0.15, 0.2) is 0 Å². The normalized spacial score (nSPS) is 23.0. The summed E-state index contributed by atoms with van der Waals surface area (Å²) in [4.78, 5) is 14.1. The number of aliphatic hydroxyl groups excluding tert-OH is 1. The van der Waals surface area contributed by atoms with Gasteiger partial charge in [-0.2, -0.15) is 0 Å². The van der Waals surface area contributed by atoms with E-state index in [4.69, 9.17) is 4.74 Å². The summed E-state index contributed by atoms with van der Waals surface area (Å²) < 4.78 is 5.48. The lowest BCUT2D eigenvalue weighted by atomic mass is 9.91. The summed E-state index contributed by atoms with van der Waals surface area (Å²) in [6.07, 6.45) is 0.493. The fourth-order valence-corrected chi connectivity index (χ4v) is 3.06. The van der Waals surface area contributed by atoms with Crippen molar-refractivity contribution in [2.75, 3.05) is 19.7 Å². The maximum atomic E-state index is 12.3. The highest BCUT2D eigenvalue weighted by Gasteiger charge is 2.33. The quantitative estimate of drug-likeness (QED) is 0.889. The highest BCUT2D eigenvalue weighted by atomic mass is 16.6. The minimum Gasteiger partial charge on any atom is -0.444 e. The number of likely N-dealkylation sites (tertiary alicyclic amines) is 1. The van der Waals surface area contributed by atoms with E-state index in [9.17, 15) is 9.90 Å². The maximum Gasteiger partial charge on any atom is 0.410 e. The van der Waals surface area contributed by atoms with Gasteiger partial charge in [-0.25, -0.2) is 4.79 Å². The first-order valence-corrected chi connectivity index (χ1v) is 8.70. The molecule has 0 unspecified atom stereocenters. The molecular formula is C19H30N2O3. The van der Waals surface area contributed by atoms with Crippen molar-refractivity contribution in [1.82, 2.24) is 10.2 Å². The predicted octanol–water partition coefficient (Wildman–Crippen LogP) is 2.96. The van der Waals surface area contributed by atoms with Gasteiger partial charge in [0.2, 0.25) is 0 Å².